The van der Waals surface area contributed by atoms with Gasteiger partial charge in [-0.25, -0.2) is 8.42 Å². The predicted octanol–water partition coefficient (Wildman–Crippen LogP) is 2.93. The van der Waals surface area contributed by atoms with Crippen molar-refractivity contribution < 1.29 is 13.2 Å². The topological polar surface area (TPSA) is 97.2 Å². The molecule has 1 amide bonds. The number of nitrogens with zero attached hydrogens (tertiary/aromatic N) is 4. The van der Waals surface area contributed by atoms with Crippen molar-refractivity contribution in [1.29, 1.82) is 0 Å². The third-order valence-electron chi connectivity index (χ3n) is 5.37. The van der Waals surface area contributed by atoms with E-state index in [2.05, 4.69) is 27.5 Å². The number of likely N-dealkylation sites (N-methyl/N-ethyl adjacent to an activating group) is 1. The van der Waals surface area contributed by atoms with Gasteiger partial charge in [0, 0.05) is 38.4 Å². The number of carbonyl (C=O) groups is 1. The minimum absolute atomic E-state index is 0.0478. The van der Waals surface area contributed by atoms with Gasteiger partial charge in [-0.2, -0.15) is 9.40 Å². The van der Waals surface area contributed by atoms with Crippen molar-refractivity contribution in [2.24, 2.45) is 0 Å². The van der Waals surface area contributed by atoms with Crippen LogP contribution in [0.3, 0.4) is 0 Å². The average molecular weight is 476 g/mol. The molecule has 0 spiro atoms. The Balaban J connectivity index is 1.40. The summed E-state index contributed by atoms with van der Waals surface area (Å²) < 4.78 is 28.1. The summed E-state index contributed by atoms with van der Waals surface area (Å²) >= 11 is 0. The molecule has 0 aliphatic heterocycles. The van der Waals surface area contributed by atoms with Crippen LogP contribution in [0.15, 0.2) is 96.4 Å². The lowest BCUT2D eigenvalue weighted by atomic mass is 9.98. The largest absolute Gasteiger partial charge is 0.351 e. The maximum Gasteiger partial charge on any atom is 0.244 e. The van der Waals surface area contributed by atoms with Crippen molar-refractivity contribution >= 4 is 15.9 Å². The van der Waals surface area contributed by atoms with Gasteiger partial charge in [0.2, 0.25) is 15.9 Å². The summed E-state index contributed by atoms with van der Waals surface area (Å²) in [6.07, 6.45) is 6.44. The molecule has 8 nitrogen and oxygen atoms in total. The van der Waals surface area contributed by atoms with Crippen LogP contribution < -0.4 is 5.32 Å². The van der Waals surface area contributed by atoms with Crippen molar-refractivity contribution in [3.63, 3.8) is 0 Å². The van der Waals surface area contributed by atoms with Crippen LogP contribution in [-0.2, 0) is 27.9 Å². The lowest BCUT2D eigenvalue weighted by Gasteiger charge is -2.17. The molecule has 2 heterocycles. The first-order valence-electron chi connectivity index (χ1n) is 10.7. The second-order valence-corrected chi connectivity index (χ2v) is 9.83. The number of hydrogen-bond acceptors (Lipinski definition) is 5. The minimum atomic E-state index is -3.79. The van der Waals surface area contributed by atoms with Crippen LogP contribution in [0.4, 0.5) is 0 Å². The molecule has 174 valence electrons. The molecule has 4 aromatic rings. The fourth-order valence-electron chi connectivity index (χ4n) is 3.54. The van der Waals surface area contributed by atoms with E-state index in [0.717, 1.165) is 26.6 Å². The zero-order valence-corrected chi connectivity index (χ0v) is 19.5. The molecule has 0 saturated carbocycles. The molecule has 2 aromatic heterocycles. The molecule has 2 aromatic carbocycles. The fraction of sp³-hybridized carbons (Fsp3) is 0.160. The monoisotopic (exact) mass is 475 g/mol. The number of carbonyl (C=O) groups excluding carboxylic acids is 1. The zero-order chi connectivity index (χ0) is 24.0. The van der Waals surface area contributed by atoms with Gasteiger partial charge < -0.3 is 5.32 Å². The van der Waals surface area contributed by atoms with Crippen molar-refractivity contribution in [3.05, 3.63) is 103 Å². The SMILES string of the molecule is CN(CC(=O)NCc1ccccc1-c1ccc(Cn2cccn2)cc1)S(=O)(=O)c1cccnc1. The van der Waals surface area contributed by atoms with E-state index in [4.69, 9.17) is 0 Å². The van der Waals surface area contributed by atoms with E-state index in [0.29, 0.717) is 6.54 Å². The highest BCUT2D eigenvalue weighted by Gasteiger charge is 2.23. The van der Waals surface area contributed by atoms with E-state index < -0.39 is 10.0 Å². The van der Waals surface area contributed by atoms with Gasteiger partial charge in [0.1, 0.15) is 4.90 Å². The van der Waals surface area contributed by atoms with E-state index in [1.54, 1.807) is 12.3 Å². The first-order chi connectivity index (χ1) is 16.4. The molecule has 0 aliphatic rings. The van der Waals surface area contributed by atoms with Gasteiger partial charge in [-0.3, -0.25) is 14.5 Å². The normalized spacial score (nSPS) is 11.5. The van der Waals surface area contributed by atoms with E-state index in [1.807, 2.05) is 53.3 Å². The highest BCUT2D eigenvalue weighted by atomic mass is 32.2. The van der Waals surface area contributed by atoms with Crippen molar-refractivity contribution in [2.45, 2.75) is 18.0 Å². The van der Waals surface area contributed by atoms with Crippen LogP contribution in [0.5, 0.6) is 0 Å². The summed E-state index contributed by atoms with van der Waals surface area (Å²) in [5, 5.41) is 7.06. The fourth-order valence-corrected chi connectivity index (χ4v) is 4.64. The van der Waals surface area contributed by atoms with Gasteiger partial charge >= 0.3 is 0 Å². The standard InChI is InChI=1S/C25H25N5O3S/c1-29(34(32,33)23-7-4-13-26-17-23)19-25(31)27-16-22-6-2-3-8-24(22)21-11-9-20(10-12-21)18-30-15-5-14-28-30/h2-15,17H,16,18-19H2,1H3,(H,27,31). The van der Waals surface area contributed by atoms with Gasteiger partial charge in [-0.1, -0.05) is 48.5 Å². The molecule has 1 N–H and O–H groups in total. The highest BCUT2D eigenvalue weighted by molar-refractivity contribution is 7.89. The summed E-state index contributed by atoms with van der Waals surface area (Å²) in [7, 11) is -2.41. The molecule has 0 atom stereocenters. The Labute approximate surface area is 198 Å². The molecule has 4 rings (SSSR count). The number of rotatable bonds is 9. The van der Waals surface area contributed by atoms with E-state index in [-0.39, 0.29) is 23.9 Å². The molecule has 0 bridgehead atoms. The number of pyridine rings is 1. The number of sulfonamides is 1. The van der Waals surface area contributed by atoms with Crippen LogP contribution in [-0.4, -0.2) is 47.0 Å². The quantitative estimate of drug-likeness (QED) is 0.401. The Morgan fingerprint density at radius 3 is 2.50 bits per heavy atom. The lowest BCUT2D eigenvalue weighted by Crippen LogP contribution is -2.38. The summed E-state index contributed by atoms with van der Waals surface area (Å²) in [6.45, 7) is 0.687. The first-order valence-corrected chi connectivity index (χ1v) is 12.2. The van der Waals surface area contributed by atoms with Gasteiger partial charge in [-0.15, -0.1) is 0 Å². The van der Waals surface area contributed by atoms with Crippen LogP contribution in [0.1, 0.15) is 11.1 Å². The van der Waals surface area contributed by atoms with Gasteiger partial charge in [0.05, 0.1) is 13.1 Å². The number of aromatic nitrogens is 3. The number of nitrogens with one attached hydrogen (secondary N) is 1. The third kappa shape index (κ3) is 5.56. The Morgan fingerprint density at radius 1 is 1.00 bits per heavy atom. The molecule has 0 radical (unpaired) electrons. The molecule has 0 aliphatic carbocycles. The number of benzene rings is 2. The first kappa shape index (κ1) is 23.3. The second kappa shape index (κ2) is 10.4. The van der Waals surface area contributed by atoms with Crippen LogP contribution in [0.2, 0.25) is 0 Å². The molecule has 0 saturated heterocycles. The molecule has 0 fully saturated rings. The average Bonchev–Trinajstić information content (AvgIpc) is 3.37. The van der Waals surface area contributed by atoms with E-state index >= 15 is 0 Å². The Morgan fingerprint density at radius 2 is 1.79 bits per heavy atom. The van der Waals surface area contributed by atoms with Crippen LogP contribution in [0, 0.1) is 0 Å². The smallest absolute Gasteiger partial charge is 0.244 e. The summed E-state index contributed by atoms with van der Waals surface area (Å²) in [5.74, 6) is -0.390. The Bertz CT molecular complexity index is 1340. The number of hydrogen-bond donors (Lipinski definition) is 1. The van der Waals surface area contributed by atoms with Crippen LogP contribution >= 0.6 is 0 Å². The Hall–Kier alpha value is -3.82. The number of amides is 1. The summed E-state index contributed by atoms with van der Waals surface area (Å²) in [5.41, 5.74) is 4.11. The molecule has 0 unspecified atom stereocenters. The van der Waals surface area contributed by atoms with Crippen molar-refractivity contribution in [2.75, 3.05) is 13.6 Å². The van der Waals surface area contributed by atoms with Crippen LogP contribution in [0.25, 0.3) is 11.1 Å². The zero-order valence-electron chi connectivity index (χ0n) is 18.7. The predicted molar refractivity (Wildman–Crippen MR) is 129 cm³/mol. The summed E-state index contributed by atoms with van der Waals surface area (Å²) in [4.78, 5) is 16.4. The van der Waals surface area contributed by atoms with Crippen molar-refractivity contribution in [1.82, 2.24) is 24.4 Å². The molecular weight excluding hydrogens is 450 g/mol. The maximum atomic E-state index is 12.6. The minimum Gasteiger partial charge on any atom is -0.351 e. The third-order valence-corrected chi connectivity index (χ3v) is 7.16. The van der Waals surface area contributed by atoms with E-state index in [9.17, 15) is 13.2 Å². The molecule has 34 heavy (non-hydrogen) atoms. The highest BCUT2D eigenvalue weighted by Crippen LogP contribution is 2.24. The van der Waals surface area contributed by atoms with Gasteiger partial charge in [-0.05, 0) is 40.5 Å². The maximum absolute atomic E-state index is 12.6. The second-order valence-electron chi connectivity index (χ2n) is 7.78. The lowest BCUT2D eigenvalue weighted by molar-refractivity contribution is -0.121. The van der Waals surface area contributed by atoms with Gasteiger partial charge in [0.25, 0.3) is 0 Å². The van der Waals surface area contributed by atoms with Gasteiger partial charge in [0.15, 0.2) is 0 Å². The van der Waals surface area contributed by atoms with Crippen molar-refractivity contribution in [3.8, 4) is 11.1 Å². The summed E-state index contributed by atoms with van der Waals surface area (Å²) in [6, 6.07) is 20.9. The Kier molecular flexibility index (Phi) is 7.15. The molecular formula is C25H25N5O3S. The molecule has 9 heteroatoms. The van der Waals surface area contributed by atoms with E-state index in [1.165, 1.54) is 25.5 Å².